The SMILES string of the molecule is COC(=O)c1ccc(N(c2csc(C#Cc3ccc(OC)cc3C(C)C)n2)S(=O)O)c(OC)c1. The third-order valence-corrected chi connectivity index (χ3v) is 6.30. The lowest BCUT2D eigenvalue weighted by Gasteiger charge is -2.20. The smallest absolute Gasteiger partial charge is 0.337 e. The third-order valence-electron chi connectivity index (χ3n) is 4.86. The molecule has 0 amide bonds. The number of esters is 1. The van der Waals surface area contributed by atoms with Crippen LogP contribution in [0.3, 0.4) is 0 Å². The highest BCUT2D eigenvalue weighted by Gasteiger charge is 2.23. The van der Waals surface area contributed by atoms with Crippen molar-refractivity contribution in [2.45, 2.75) is 19.8 Å². The van der Waals surface area contributed by atoms with Crippen molar-refractivity contribution in [2.75, 3.05) is 25.6 Å². The molecule has 0 fully saturated rings. The van der Waals surface area contributed by atoms with Gasteiger partial charge in [-0.25, -0.2) is 18.3 Å². The van der Waals surface area contributed by atoms with Crippen molar-refractivity contribution >= 4 is 40.1 Å². The number of aromatic nitrogens is 1. The molecule has 0 saturated carbocycles. The van der Waals surface area contributed by atoms with Gasteiger partial charge in [0.05, 0.1) is 26.9 Å². The van der Waals surface area contributed by atoms with Gasteiger partial charge in [-0.2, -0.15) is 0 Å². The summed E-state index contributed by atoms with van der Waals surface area (Å²) in [5.74, 6) is 7.08. The first-order chi connectivity index (χ1) is 16.3. The summed E-state index contributed by atoms with van der Waals surface area (Å²) in [6, 6.07) is 10.1. The third kappa shape index (κ3) is 5.56. The molecular formula is C24H24N2O6S2. The van der Waals surface area contributed by atoms with Crippen LogP contribution in [-0.4, -0.2) is 41.0 Å². The number of rotatable bonds is 7. The van der Waals surface area contributed by atoms with Gasteiger partial charge in [0.25, 0.3) is 11.3 Å². The molecule has 1 unspecified atom stereocenters. The predicted molar refractivity (Wildman–Crippen MR) is 132 cm³/mol. The van der Waals surface area contributed by atoms with Gasteiger partial charge in [-0.15, -0.1) is 11.3 Å². The van der Waals surface area contributed by atoms with Crippen LogP contribution in [0.4, 0.5) is 11.5 Å². The lowest BCUT2D eigenvalue weighted by Crippen LogP contribution is -2.20. The van der Waals surface area contributed by atoms with Crippen molar-refractivity contribution in [1.29, 1.82) is 0 Å². The van der Waals surface area contributed by atoms with Crippen LogP contribution in [0.5, 0.6) is 11.5 Å². The first-order valence-corrected chi connectivity index (χ1v) is 12.1. The lowest BCUT2D eigenvalue weighted by atomic mass is 9.97. The van der Waals surface area contributed by atoms with Gasteiger partial charge in [0, 0.05) is 10.9 Å². The molecule has 0 spiro atoms. The van der Waals surface area contributed by atoms with Gasteiger partial charge >= 0.3 is 5.97 Å². The maximum absolute atomic E-state index is 12.2. The van der Waals surface area contributed by atoms with Crippen LogP contribution >= 0.6 is 11.3 Å². The summed E-state index contributed by atoms with van der Waals surface area (Å²) in [6.45, 7) is 4.16. The number of hydrogen-bond acceptors (Lipinski definition) is 7. The molecule has 10 heteroatoms. The first kappa shape index (κ1) is 25.2. The number of benzene rings is 2. The summed E-state index contributed by atoms with van der Waals surface area (Å²) < 4.78 is 38.7. The Hall–Kier alpha value is -3.39. The van der Waals surface area contributed by atoms with Crippen LogP contribution in [0.1, 0.15) is 46.3 Å². The number of hydrogen-bond donors (Lipinski definition) is 1. The molecule has 0 aliphatic rings. The van der Waals surface area contributed by atoms with Crippen molar-refractivity contribution in [2.24, 2.45) is 0 Å². The highest BCUT2D eigenvalue weighted by atomic mass is 32.2. The minimum Gasteiger partial charge on any atom is -0.497 e. The van der Waals surface area contributed by atoms with Crippen LogP contribution in [0.2, 0.25) is 0 Å². The van der Waals surface area contributed by atoms with E-state index < -0.39 is 17.2 Å². The molecule has 2 aromatic carbocycles. The average molecular weight is 501 g/mol. The summed E-state index contributed by atoms with van der Waals surface area (Å²) in [6.07, 6.45) is 0. The second-order valence-electron chi connectivity index (χ2n) is 7.27. The fourth-order valence-corrected chi connectivity index (χ4v) is 4.44. The van der Waals surface area contributed by atoms with Gasteiger partial charge < -0.3 is 14.2 Å². The highest BCUT2D eigenvalue weighted by molar-refractivity contribution is 7.81. The molecular weight excluding hydrogens is 476 g/mol. The molecule has 34 heavy (non-hydrogen) atoms. The van der Waals surface area contributed by atoms with E-state index in [9.17, 15) is 13.6 Å². The van der Waals surface area contributed by atoms with Crippen LogP contribution < -0.4 is 13.8 Å². The number of nitrogens with zero attached hydrogens (tertiary/aromatic N) is 2. The molecule has 1 aromatic heterocycles. The fraction of sp³-hybridized carbons (Fsp3) is 0.250. The number of carbonyl (C=O) groups is 1. The first-order valence-electron chi connectivity index (χ1n) is 10.1. The molecule has 178 valence electrons. The van der Waals surface area contributed by atoms with Gasteiger partial charge in [0.15, 0.2) is 10.8 Å². The van der Waals surface area contributed by atoms with Gasteiger partial charge in [-0.05, 0) is 53.8 Å². The summed E-state index contributed by atoms with van der Waals surface area (Å²) >= 11 is -1.21. The summed E-state index contributed by atoms with van der Waals surface area (Å²) in [7, 11) is 4.29. The average Bonchev–Trinajstić information content (AvgIpc) is 3.30. The second-order valence-corrected chi connectivity index (χ2v) is 8.96. The monoisotopic (exact) mass is 500 g/mol. The normalized spacial score (nSPS) is 11.4. The Labute approximate surface area is 204 Å². The Balaban J connectivity index is 1.97. The predicted octanol–water partition coefficient (Wildman–Crippen LogP) is 4.74. The minimum absolute atomic E-state index is 0.214. The van der Waals surface area contributed by atoms with Crippen LogP contribution in [-0.2, 0) is 16.0 Å². The maximum atomic E-state index is 12.2. The summed E-state index contributed by atoms with van der Waals surface area (Å²) in [5.41, 5.74) is 2.42. The van der Waals surface area contributed by atoms with Crippen LogP contribution in [0.15, 0.2) is 41.8 Å². The molecule has 0 saturated heterocycles. The maximum Gasteiger partial charge on any atom is 0.337 e. The standard InChI is InChI=1S/C24H24N2O6S2/c1-15(2)19-13-18(30-3)9-6-16(19)8-11-23-25-22(14-33-23)26(34(28)29)20-10-7-17(24(27)32-5)12-21(20)31-4/h6-7,9-10,12-15H,1-5H3,(H,28,29). The second kappa shape index (κ2) is 11.2. The summed E-state index contributed by atoms with van der Waals surface area (Å²) in [5, 5.41) is 2.10. The number of methoxy groups -OCH3 is 3. The van der Waals surface area contributed by atoms with E-state index in [1.807, 2.05) is 18.2 Å². The molecule has 3 aromatic rings. The number of anilines is 2. The van der Waals surface area contributed by atoms with Gasteiger partial charge in [0.1, 0.15) is 17.2 Å². The lowest BCUT2D eigenvalue weighted by molar-refractivity contribution is 0.0600. The Kier molecular flexibility index (Phi) is 8.28. The van der Waals surface area contributed by atoms with Crippen LogP contribution in [0.25, 0.3) is 0 Å². The largest absolute Gasteiger partial charge is 0.497 e. The van der Waals surface area contributed by atoms with Crippen molar-refractivity contribution in [3.8, 4) is 23.3 Å². The topological polar surface area (TPSA) is 98.2 Å². The van der Waals surface area contributed by atoms with E-state index in [2.05, 4.69) is 30.7 Å². The molecule has 3 rings (SSSR count). The van der Waals surface area contributed by atoms with Crippen molar-refractivity contribution in [3.63, 3.8) is 0 Å². The van der Waals surface area contributed by atoms with Gasteiger partial charge in [-0.1, -0.05) is 19.8 Å². The Morgan fingerprint density at radius 2 is 1.88 bits per heavy atom. The molecule has 8 nitrogen and oxygen atoms in total. The van der Waals surface area contributed by atoms with Gasteiger partial charge in [-0.3, -0.25) is 4.55 Å². The van der Waals surface area contributed by atoms with Gasteiger partial charge in [0.2, 0.25) is 0 Å². The molecule has 1 N–H and O–H groups in total. The minimum atomic E-state index is -2.46. The van der Waals surface area contributed by atoms with E-state index in [1.165, 1.54) is 43.8 Å². The number of carbonyl (C=O) groups excluding carboxylic acids is 1. The van der Waals surface area contributed by atoms with E-state index in [4.69, 9.17) is 14.2 Å². The zero-order chi connectivity index (χ0) is 24.8. The highest BCUT2D eigenvalue weighted by Crippen LogP contribution is 2.36. The summed E-state index contributed by atoms with van der Waals surface area (Å²) in [4.78, 5) is 16.3. The molecule has 0 aliphatic heterocycles. The van der Waals surface area contributed by atoms with E-state index in [0.717, 1.165) is 21.2 Å². The van der Waals surface area contributed by atoms with Crippen molar-refractivity contribution in [1.82, 2.24) is 4.98 Å². The molecule has 0 radical (unpaired) electrons. The zero-order valence-corrected chi connectivity index (χ0v) is 21.0. The number of ether oxygens (including phenoxy) is 3. The Morgan fingerprint density at radius 3 is 2.50 bits per heavy atom. The molecule has 1 heterocycles. The molecule has 0 aliphatic carbocycles. The number of thiazole rings is 1. The van der Waals surface area contributed by atoms with E-state index in [0.29, 0.717) is 5.01 Å². The fourth-order valence-electron chi connectivity index (χ4n) is 3.17. The van der Waals surface area contributed by atoms with E-state index in [-0.39, 0.29) is 28.7 Å². The molecule has 0 bridgehead atoms. The van der Waals surface area contributed by atoms with E-state index in [1.54, 1.807) is 12.5 Å². The van der Waals surface area contributed by atoms with Crippen LogP contribution in [0, 0.1) is 11.8 Å². The quantitative estimate of drug-likeness (QED) is 0.284. The van der Waals surface area contributed by atoms with E-state index >= 15 is 0 Å². The van der Waals surface area contributed by atoms with Crippen molar-refractivity contribution < 1.29 is 27.8 Å². The molecule has 1 atom stereocenters. The zero-order valence-electron chi connectivity index (χ0n) is 19.3. The Morgan fingerprint density at radius 1 is 1.12 bits per heavy atom. The Bertz CT molecular complexity index is 1280. The van der Waals surface area contributed by atoms with Crippen molar-refractivity contribution in [3.05, 3.63) is 63.5 Å².